The average Bonchev–Trinajstić information content (AvgIpc) is 3.10. The zero-order valence-electron chi connectivity index (χ0n) is 11.5. The molecule has 0 heterocycles. The molecule has 0 spiro atoms. The first kappa shape index (κ1) is 13.1. The van der Waals surface area contributed by atoms with Crippen LogP contribution < -0.4 is 4.74 Å². The molecule has 1 aliphatic carbocycles. The maximum Gasteiger partial charge on any atom is 0.308 e. The topological polar surface area (TPSA) is 26.3 Å². The monoisotopic (exact) mass is 246 g/mol. The Hall–Kier alpha value is -1.31. The number of para-hydroxylation sites is 1. The molecule has 1 saturated carbocycles. The number of aryl methyl sites for hydroxylation is 1. The third-order valence-electron chi connectivity index (χ3n) is 3.51. The highest BCUT2D eigenvalue weighted by Crippen LogP contribution is 2.36. The van der Waals surface area contributed by atoms with Gasteiger partial charge in [0.05, 0.1) is 0 Å². The van der Waals surface area contributed by atoms with Crippen LogP contribution in [-0.4, -0.2) is 5.97 Å². The summed E-state index contributed by atoms with van der Waals surface area (Å²) in [7, 11) is 0. The van der Waals surface area contributed by atoms with Crippen molar-refractivity contribution in [1.29, 1.82) is 0 Å². The number of ether oxygens (including phenoxy) is 1. The normalized spacial score (nSPS) is 14.9. The maximum absolute atomic E-state index is 11.3. The third-order valence-corrected chi connectivity index (χ3v) is 3.51. The van der Waals surface area contributed by atoms with E-state index in [0.717, 1.165) is 23.7 Å². The lowest BCUT2D eigenvalue weighted by Crippen LogP contribution is -2.08. The number of hydrogen-bond acceptors (Lipinski definition) is 2. The van der Waals surface area contributed by atoms with Crippen molar-refractivity contribution in [3.8, 4) is 5.75 Å². The first-order valence-corrected chi connectivity index (χ1v) is 6.88. The highest BCUT2D eigenvalue weighted by atomic mass is 16.5. The van der Waals surface area contributed by atoms with Gasteiger partial charge >= 0.3 is 5.97 Å². The molecule has 0 atom stereocenters. The molecule has 1 aliphatic rings. The summed E-state index contributed by atoms with van der Waals surface area (Å²) in [6.45, 7) is 5.74. The van der Waals surface area contributed by atoms with Gasteiger partial charge in [-0.05, 0) is 35.8 Å². The Morgan fingerprint density at radius 2 is 2.11 bits per heavy atom. The average molecular weight is 246 g/mol. The van der Waals surface area contributed by atoms with Gasteiger partial charge in [-0.1, -0.05) is 44.9 Å². The van der Waals surface area contributed by atoms with E-state index in [4.69, 9.17) is 4.74 Å². The lowest BCUT2D eigenvalue weighted by Gasteiger charge is -2.16. The number of carbonyl (C=O) groups excluding carboxylic acids is 1. The predicted molar refractivity (Wildman–Crippen MR) is 72.9 cm³/mol. The van der Waals surface area contributed by atoms with Crippen LogP contribution in [0, 0.1) is 5.92 Å². The molecule has 1 aromatic rings. The maximum atomic E-state index is 11.3. The Morgan fingerprint density at radius 3 is 2.67 bits per heavy atom. The molecule has 0 radical (unpaired) electrons. The first-order chi connectivity index (χ1) is 8.58. The molecule has 2 heteroatoms. The van der Waals surface area contributed by atoms with E-state index in [9.17, 15) is 4.79 Å². The number of hydrogen-bond donors (Lipinski definition) is 0. The van der Waals surface area contributed by atoms with E-state index in [1.807, 2.05) is 0 Å². The minimum atomic E-state index is -0.226. The lowest BCUT2D eigenvalue weighted by molar-refractivity contribution is -0.132. The summed E-state index contributed by atoms with van der Waals surface area (Å²) in [6, 6.07) is 6.22. The number of benzene rings is 1. The first-order valence-electron chi connectivity index (χ1n) is 6.88. The van der Waals surface area contributed by atoms with Crippen LogP contribution in [0.1, 0.15) is 57.1 Å². The van der Waals surface area contributed by atoms with E-state index >= 15 is 0 Å². The van der Waals surface area contributed by atoms with Gasteiger partial charge in [0.2, 0.25) is 0 Å². The quantitative estimate of drug-likeness (QED) is 0.578. The molecule has 1 fully saturated rings. The second-order valence-corrected chi connectivity index (χ2v) is 5.57. The van der Waals surface area contributed by atoms with Gasteiger partial charge in [-0.2, -0.15) is 0 Å². The minimum Gasteiger partial charge on any atom is -0.426 e. The zero-order valence-corrected chi connectivity index (χ0v) is 11.5. The van der Waals surface area contributed by atoms with Crippen LogP contribution in [0.15, 0.2) is 18.2 Å². The van der Waals surface area contributed by atoms with Gasteiger partial charge in [-0.25, -0.2) is 0 Å². The molecular weight excluding hydrogens is 224 g/mol. The van der Waals surface area contributed by atoms with Crippen molar-refractivity contribution in [2.24, 2.45) is 5.92 Å². The van der Waals surface area contributed by atoms with Crippen molar-refractivity contribution in [2.45, 2.75) is 52.4 Å². The minimum absolute atomic E-state index is 0.226. The van der Waals surface area contributed by atoms with Crippen LogP contribution in [0.3, 0.4) is 0 Å². The Bertz CT molecular complexity index is 431. The van der Waals surface area contributed by atoms with Crippen LogP contribution in [0.2, 0.25) is 0 Å². The largest absolute Gasteiger partial charge is 0.426 e. The molecule has 0 amide bonds. The third kappa shape index (κ3) is 3.34. The van der Waals surface area contributed by atoms with Crippen LogP contribution in [-0.2, 0) is 11.2 Å². The fraction of sp³-hybridized carbons (Fsp3) is 0.562. The van der Waals surface area contributed by atoms with Crippen LogP contribution >= 0.6 is 0 Å². The summed E-state index contributed by atoms with van der Waals surface area (Å²) in [5.74, 6) is 1.86. The summed E-state index contributed by atoms with van der Waals surface area (Å²) in [6.07, 6.45) is 4.98. The van der Waals surface area contributed by atoms with E-state index in [1.165, 1.54) is 31.7 Å². The van der Waals surface area contributed by atoms with Crippen molar-refractivity contribution in [2.75, 3.05) is 0 Å². The van der Waals surface area contributed by atoms with Crippen molar-refractivity contribution < 1.29 is 9.53 Å². The Morgan fingerprint density at radius 1 is 1.39 bits per heavy atom. The van der Waals surface area contributed by atoms with E-state index < -0.39 is 0 Å². The molecule has 0 aliphatic heterocycles. The number of carbonyl (C=O) groups is 1. The predicted octanol–water partition coefficient (Wildman–Crippen LogP) is 4.08. The van der Waals surface area contributed by atoms with Crippen molar-refractivity contribution >= 4 is 5.97 Å². The molecule has 2 nitrogen and oxygen atoms in total. The van der Waals surface area contributed by atoms with Gasteiger partial charge in [0.25, 0.3) is 0 Å². The number of esters is 1. The molecule has 0 unspecified atom stereocenters. The molecule has 2 rings (SSSR count). The second kappa shape index (κ2) is 5.55. The van der Waals surface area contributed by atoms with Crippen molar-refractivity contribution in [3.05, 3.63) is 29.3 Å². The standard InChI is InChI=1S/C16H22O2/c1-11(2)15-6-4-5-14(10-9-13-7-8-13)16(15)18-12(3)17/h4-6,11,13H,7-10H2,1-3H3. The molecule has 0 N–H and O–H groups in total. The molecular formula is C16H22O2. The van der Waals surface area contributed by atoms with Gasteiger partial charge in [-0.3, -0.25) is 4.79 Å². The highest BCUT2D eigenvalue weighted by molar-refractivity contribution is 5.70. The molecule has 0 bridgehead atoms. The van der Waals surface area contributed by atoms with Gasteiger partial charge < -0.3 is 4.74 Å². The Balaban J connectivity index is 2.23. The smallest absolute Gasteiger partial charge is 0.308 e. The van der Waals surface area contributed by atoms with Crippen LogP contribution in [0.25, 0.3) is 0 Å². The van der Waals surface area contributed by atoms with E-state index in [2.05, 4.69) is 32.0 Å². The lowest BCUT2D eigenvalue weighted by atomic mass is 9.96. The molecule has 18 heavy (non-hydrogen) atoms. The molecule has 1 aromatic carbocycles. The second-order valence-electron chi connectivity index (χ2n) is 5.57. The molecule has 0 saturated heterocycles. The van der Waals surface area contributed by atoms with Crippen molar-refractivity contribution in [1.82, 2.24) is 0 Å². The van der Waals surface area contributed by atoms with Crippen molar-refractivity contribution in [3.63, 3.8) is 0 Å². The van der Waals surface area contributed by atoms with Crippen LogP contribution in [0.4, 0.5) is 0 Å². The van der Waals surface area contributed by atoms with Gasteiger partial charge in [0, 0.05) is 6.92 Å². The summed E-state index contributed by atoms with van der Waals surface area (Å²) in [4.78, 5) is 11.3. The number of rotatable bonds is 5. The SMILES string of the molecule is CC(=O)Oc1c(CCC2CC2)cccc1C(C)C. The van der Waals surface area contributed by atoms with E-state index in [1.54, 1.807) is 0 Å². The van der Waals surface area contributed by atoms with E-state index in [-0.39, 0.29) is 5.97 Å². The highest BCUT2D eigenvalue weighted by Gasteiger charge is 2.22. The van der Waals surface area contributed by atoms with E-state index in [0.29, 0.717) is 5.92 Å². The van der Waals surface area contributed by atoms with Gasteiger partial charge in [-0.15, -0.1) is 0 Å². The fourth-order valence-electron chi connectivity index (χ4n) is 2.29. The summed E-state index contributed by atoms with van der Waals surface area (Å²) in [5, 5.41) is 0. The Kier molecular flexibility index (Phi) is 4.05. The van der Waals surface area contributed by atoms with Crippen LogP contribution in [0.5, 0.6) is 5.75 Å². The summed E-state index contributed by atoms with van der Waals surface area (Å²) < 4.78 is 5.45. The van der Waals surface area contributed by atoms with Gasteiger partial charge in [0.15, 0.2) is 0 Å². The summed E-state index contributed by atoms with van der Waals surface area (Å²) >= 11 is 0. The fourth-order valence-corrected chi connectivity index (χ4v) is 2.29. The Labute approximate surface area is 109 Å². The molecule has 0 aromatic heterocycles. The summed E-state index contributed by atoms with van der Waals surface area (Å²) in [5.41, 5.74) is 2.32. The molecule has 98 valence electrons. The van der Waals surface area contributed by atoms with Gasteiger partial charge in [0.1, 0.15) is 5.75 Å². The zero-order chi connectivity index (χ0) is 13.1.